The maximum Gasteiger partial charge on any atom is 0.271 e. The van der Waals surface area contributed by atoms with E-state index >= 15 is 0 Å². The Balaban J connectivity index is 2.07. The Morgan fingerprint density at radius 2 is 2.05 bits per heavy atom. The number of hydrogen-bond acceptors (Lipinski definition) is 2. The molecule has 0 aliphatic heterocycles. The highest BCUT2D eigenvalue weighted by atomic mass is 16.2. The molecular weight excluding hydrogens is 248 g/mol. The molecule has 20 heavy (non-hydrogen) atoms. The molecule has 1 aliphatic rings. The van der Waals surface area contributed by atoms with Crippen LogP contribution in [0.15, 0.2) is 59.2 Å². The molecule has 1 aromatic rings. The van der Waals surface area contributed by atoms with E-state index in [4.69, 9.17) is 0 Å². The maximum atomic E-state index is 12.0. The third-order valence-corrected chi connectivity index (χ3v) is 3.63. The van der Waals surface area contributed by atoms with Gasteiger partial charge in [0, 0.05) is 5.56 Å². The number of hydrogen-bond donors (Lipinski definition) is 1. The zero-order chi connectivity index (χ0) is 14.5. The van der Waals surface area contributed by atoms with Gasteiger partial charge in [0.15, 0.2) is 0 Å². The van der Waals surface area contributed by atoms with Gasteiger partial charge in [-0.3, -0.25) is 4.79 Å². The largest absolute Gasteiger partial charge is 0.271 e. The van der Waals surface area contributed by atoms with Gasteiger partial charge in [0.05, 0.1) is 5.71 Å². The lowest BCUT2D eigenvalue weighted by atomic mass is 9.85. The normalized spacial score (nSPS) is 20.4. The van der Waals surface area contributed by atoms with E-state index in [9.17, 15) is 4.79 Å². The van der Waals surface area contributed by atoms with Crippen LogP contribution in [0.1, 0.15) is 37.0 Å². The summed E-state index contributed by atoms with van der Waals surface area (Å²) in [5, 5.41) is 4.28. The second kappa shape index (κ2) is 6.33. The third kappa shape index (κ3) is 3.44. The second-order valence-corrected chi connectivity index (χ2v) is 5.24. The summed E-state index contributed by atoms with van der Waals surface area (Å²) in [6.45, 7) is 8.08. The van der Waals surface area contributed by atoms with Crippen LogP contribution in [-0.4, -0.2) is 11.6 Å². The first-order valence-electron chi connectivity index (χ1n) is 6.82. The second-order valence-electron chi connectivity index (χ2n) is 5.24. The van der Waals surface area contributed by atoms with Gasteiger partial charge in [-0.15, -0.1) is 0 Å². The van der Waals surface area contributed by atoms with Crippen LogP contribution >= 0.6 is 0 Å². The lowest BCUT2D eigenvalue weighted by Crippen LogP contribution is -2.23. The molecule has 0 bridgehead atoms. The predicted octanol–water partition coefficient (Wildman–Crippen LogP) is 3.70. The highest BCUT2D eigenvalue weighted by Crippen LogP contribution is 2.26. The monoisotopic (exact) mass is 268 g/mol. The Hall–Kier alpha value is -2.16. The molecule has 2 rings (SSSR count). The van der Waals surface area contributed by atoms with E-state index in [1.165, 1.54) is 0 Å². The molecule has 0 saturated carbocycles. The van der Waals surface area contributed by atoms with Crippen molar-refractivity contribution in [1.29, 1.82) is 0 Å². The van der Waals surface area contributed by atoms with Gasteiger partial charge in [0.25, 0.3) is 5.91 Å². The molecule has 104 valence electrons. The summed E-state index contributed by atoms with van der Waals surface area (Å²) >= 11 is 0. The van der Waals surface area contributed by atoms with Crippen molar-refractivity contribution in [3.63, 3.8) is 0 Å². The van der Waals surface area contributed by atoms with Crippen LogP contribution in [0.2, 0.25) is 0 Å². The van der Waals surface area contributed by atoms with Crippen LogP contribution in [-0.2, 0) is 0 Å². The van der Waals surface area contributed by atoms with E-state index in [1.807, 2.05) is 32.0 Å². The molecule has 0 aromatic heterocycles. The lowest BCUT2D eigenvalue weighted by Gasteiger charge is -2.22. The molecule has 3 nitrogen and oxygen atoms in total. The molecule has 1 N–H and O–H groups in total. The van der Waals surface area contributed by atoms with Crippen molar-refractivity contribution in [2.75, 3.05) is 0 Å². The van der Waals surface area contributed by atoms with Crippen molar-refractivity contribution in [2.45, 2.75) is 26.7 Å². The van der Waals surface area contributed by atoms with Crippen molar-refractivity contribution >= 4 is 11.6 Å². The smallest absolute Gasteiger partial charge is 0.267 e. The van der Waals surface area contributed by atoms with E-state index in [-0.39, 0.29) is 5.91 Å². The molecule has 0 heterocycles. The average Bonchev–Trinajstić information content (AvgIpc) is 2.46. The Kier molecular flexibility index (Phi) is 4.51. The summed E-state index contributed by atoms with van der Waals surface area (Å²) in [7, 11) is 0. The van der Waals surface area contributed by atoms with Crippen LogP contribution in [0.25, 0.3) is 0 Å². The van der Waals surface area contributed by atoms with E-state index in [0.29, 0.717) is 11.5 Å². The van der Waals surface area contributed by atoms with Crippen molar-refractivity contribution < 1.29 is 4.79 Å². The van der Waals surface area contributed by atoms with Gasteiger partial charge in [-0.25, -0.2) is 5.43 Å². The van der Waals surface area contributed by atoms with Crippen molar-refractivity contribution in [1.82, 2.24) is 5.43 Å². The summed E-state index contributed by atoms with van der Waals surface area (Å²) in [5.41, 5.74) is 6.49. The fourth-order valence-electron chi connectivity index (χ4n) is 2.20. The molecule has 1 amide bonds. The van der Waals surface area contributed by atoms with Gasteiger partial charge in [-0.1, -0.05) is 36.4 Å². The zero-order valence-electron chi connectivity index (χ0n) is 12.0. The first kappa shape index (κ1) is 14.3. The van der Waals surface area contributed by atoms with Crippen LogP contribution < -0.4 is 5.43 Å². The number of hydrazone groups is 1. The minimum absolute atomic E-state index is 0.177. The fraction of sp³-hybridized carbons (Fsp3) is 0.294. The number of rotatable bonds is 3. The number of allylic oxidation sites excluding steroid dienone is 3. The number of carbonyl (C=O) groups is 1. The van der Waals surface area contributed by atoms with Crippen molar-refractivity contribution in [3.05, 3.63) is 59.7 Å². The molecule has 0 fully saturated rings. The van der Waals surface area contributed by atoms with E-state index in [0.717, 1.165) is 29.7 Å². The summed E-state index contributed by atoms with van der Waals surface area (Å²) in [4.78, 5) is 12.0. The predicted molar refractivity (Wildman–Crippen MR) is 82.6 cm³/mol. The first-order valence-corrected chi connectivity index (χ1v) is 6.82. The molecule has 0 saturated heterocycles. The molecular formula is C17H20N2O. The maximum absolute atomic E-state index is 12.0. The minimum Gasteiger partial charge on any atom is -0.267 e. The van der Waals surface area contributed by atoms with Crippen LogP contribution in [0.4, 0.5) is 0 Å². The summed E-state index contributed by atoms with van der Waals surface area (Å²) in [6.07, 6.45) is 4.01. The van der Waals surface area contributed by atoms with Crippen LogP contribution in [0.5, 0.6) is 0 Å². The van der Waals surface area contributed by atoms with Crippen LogP contribution in [0.3, 0.4) is 0 Å². The zero-order valence-corrected chi connectivity index (χ0v) is 12.0. The Morgan fingerprint density at radius 3 is 2.70 bits per heavy atom. The number of nitrogens with one attached hydrogen (secondary N) is 1. The molecule has 0 unspecified atom stereocenters. The SMILES string of the molecule is C=C(C)[C@@H]1CC=C(C)C(=NNC(=O)c2ccccc2)C1. The topological polar surface area (TPSA) is 41.5 Å². The summed E-state index contributed by atoms with van der Waals surface area (Å²) in [5.74, 6) is 0.245. The van der Waals surface area contributed by atoms with Gasteiger partial charge in [-0.2, -0.15) is 5.10 Å². The molecule has 1 atom stereocenters. The summed E-state index contributed by atoms with van der Waals surface area (Å²) < 4.78 is 0. The van der Waals surface area contributed by atoms with Gasteiger partial charge >= 0.3 is 0 Å². The van der Waals surface area contributed by atoms with Crippen molar-refractivity contribution in [3.8, 4) is 0 Å². The molecule has 0 radical (unpaired) electrons. The number of nitrogens with zero attached hydrogens (tertiary/aromatic N) is 1. The number of amides is 1. The van der Waals surface area contributed by atoms with E-state index < -0.39 is 0 Å². The van der Waals surface area contributed by atoms with Crippen molar-refractivity contribution in [2.24, 2.45) is 11.0 Å². The molecule has 3 heteroatoms. The van der Waals surface area contributed by atoms with Gasteiger partial charge in [0.2, 0.25) is 0 Å². The number of carbonyl (C=O) groups excluding carboxylic acids is 1. The molecule has 1 aromatic carbocycles. The first-order chi connectivity index (χ1) is 9.58. The van der Waals surface area contributed by atoms with Crippen LogP contribution in [0, 0.1) is 5.92 Å². The lowest BCUT2D eigenvalue weighted by molar-refractivity contribution is 0.0954. The Labute approximate surface area is 120 Å². The Morgan fingerprint density at radius 1 is 1.35 bits per heavy atom. The highest BCUT2D eigenvalue weighted by Gasteiger charge is 2.18. The van der Waals surface area contributed by atoms with E-state index in [1.54, 1.807) is 12.1 Å². The highest BCUT2D eigenvalue weighted by molar-refractivity contribution is 6.02. The fourth-order valence-corrected chi connectivity index (χ4v) is 2.20. The molecule has 0 spiro atoms. The minimum atomic E-state index is -0.177. The van der Waals surface area contributed by atoms with Gasteiger partial charge < -0.3 is 0 Å². The summed E-state index contributed by atoms with van der Waals surface area (Å²) in [6, 6.07) is 9.11. The van der Waals surface area contributed by atoms with E-state index in [2.05, 4.69) is 23.2 Å². The molecule has 1 aliphatic carbocycles. The van der Waals surface area contributed by atoms with Gasteiger partial charge in [-0.05, 0) is 50.3 Å². The van der Waals surface area contributed by atoms with Gasteiger partial charge in [0.1, 0.15) is 0 Å². The standard InChI is InChI=1S/C17H20N2O/c1-12(2)15-10-9-13(3)16(11-15)18-19-17(20)14-7-5-4-6-8-14/h4-9,15H,1,10-11H2,2-3H3,(H,19,20)/t15-/m1/s1. The Bertz CT molecular complexity index is 570. The average molecular weight is 268 g/mol. The third-order valence-electron chi connectivity index (χ3n) is 3.63. The number of benzene rings is 1. The quantitative estimate of drug-likeness (QED) is 0.659.